The van der Waals surface area contributed by atoms with Crippen molar-refractivity contribution in [2.75, 3.05) is 13.2 Å². The number of aromatic amines is 1. The van der Waals surface area contributed by atoms with Crippen molar-refractivity contribution in [2.24, 2.45) is 10.7 Å². The van der Waals surface area contributed by atoms with Gasteiger partial charge in [0.15, 0.2) is 0 Å². The van der Waals surface area contributed by atoms with Crippen LogP contribution in [0.1, 0.15) is 29.5 Å². The molecule has 3 rings (SSSR count). The van der Waals surface area contributed by atoms with E-state index >= 15 is 0 Å². The number of aliphatic imine (C=N–C) groups is 1. The van der Waals surface area contributed by atoms with E-state index in [1.807, 2.05) is 19.2 Å². The zero-order valence-corrected chi connectivity index (χ0v) is 16.6. The van der Waals surface area contributed by atoms with Gasteiger partial charge in [0, 0.05) is 52.3 Å². The highest BCUT2D eigenvalue weighted by atomic mass is 35.5. The Morgan fingerprint density at radius 1 is 1.43 bits per heavy atom. The third-order valence-electron chi connectivity index (χ3n) is 4.51. The summed E-state index contributed by atoms with van der Waals surface area (Å²) in [7, 11) is 0. The van der Waals surface area contributed by atoms with Gasteiger partial charge < -0.3 is 15.8 Å². The maximum absolute atomic E-state index is 14.0. The second-order valence-corrected chi connectivity index (χ2v) is 7.01. The second kappa shape index (κ2) is 8.73. The number of hydrogen-bond acceptors (Lipinski definition) is 4. The summed E-state index contributed by atoms with van der Waals surface area (Å²) in [6, 6.07) is 4.68. The Hall–Kier alpha value is -2.41. The van der Waals surface area contributed by atoms with Crippen molar-refractivity contribution in [1.29, 1.82) is 0 Å². The Bertz CT molecular complexity index is 1060. The Labute approximate surface area is 171 Å². The zero-order chi connectivity index (χ0) is 20.3. The molecular formula is C20H19Cl2FN4O. The van der Waals surface area contributed by atoms with E-state index in [0.29, 0.717) is 21.8 Å². The molecule has 0 aliphatic rings. The van der Waals surface area contributed by atoms with Gasteiger partial charge in [0.05, 0.1) is 18.2 Å². The number of nitrogens with one attached hydrogen (secondary N) is 1. The predicted molar refractivity (Wildman–Crippen MR) is 113 cm³/mol. The van der Waals surface area contributed by atoms with E-state index in [1.165, 1.54) is 18.3 Å². The molecule has 8 heteroatoms. The van der Waals surface area contributed by atoms with Crippen molar-refractivity contribution < 1.29 is 9.50 Å². The summed E-state index contributed by atoms with van der Waals surface area (Å²) < 4.78 is 14.0. The molecule has 2 aromatic heterocycles. The van der Waals surface area contributed by atoms with Crippen LogP contribution in [0.15, 0.2) is 41.8 Å². The van der Waals surface area contributed by atoms with Crippen LogP contribution in [0.2, 0.25) is 10.0 Å². The SMILES string of the molecule is CC(c1c(Cl)ccc(F)c1Cl)c1c[nH]c2ncc(C(C=NCCO)=CN)cc12. The van der Waals surface area contributed by atoms with Gasteiger partial charge in [0.25, 0.3) is 0 Å². The van der Waals surface area contributed by atoms with Crippen LogP contribution >= 0.6 is 23.2 Å². The fourth-order valence-electron chi connectivity index (χ4n) is 3.07. The Balaban J connectivity index is 2.07. The Morgan fingerprint density at radius 2 is 2.21 bits per heavy atom. The Morgan fingerprint density at radius 3 is 2.93 bits per heavy atom. The molecule has 0 spiro atoms. The average Bonchev–Trinajstić information content (AvgIpc) is 3.11. The van der Waals surface area contributed by atoms with Gasteiger partial charge in [-0.1, -0.05) is 30.1 Å². The molecule has 5 nitrogen and oxygen atoms in total. The molecule has 3 aromatic rings. The zero-order valence-electron chi connectivity index (χ0n) is 15.1. The van der Waals surface area contributed by atoms with E-state index < -0.39 is 5.82 Å². The molecule has 0 saturated heterocycles. The van der Waals surface area contributed by atoms with Crippen LogP contribution in [-0.4, -0.2) is 34.4 Å². The van der Waals surface area contributed by atoms with Crippen LogP contribution in [0.25, 0.3) is 16.6 Å². The number of rotatable bonds is 6. The highest BCUT2D eigenvalue weighted by Gasteiger charge is 2.21. The van der Waals surface area contributed by atoms with Crippen molar-refractivity contribution in [1.82, 2.24) is 9.97 Å². The number of nitrogens with zero attached hydrogens (tertiary/aromatic N) is 2. The van der Waals surface area contributed by atoms with Crippen LogP contribution in [0.5, 0.6) is 0 Å². The summed E-state index contributed by atoms with van der Waals surface area (Å²) in [5.74, 6) is -0.783. The molecule has 0 fully saturated rings. The highest BCUT2D eigenvalue weighted by molar-refractivity contribution is 6.36. The molecule has 1 aromatic carbocycles. The summed E-state index contributed by atoms with van der Waals surface area (Å²) in [6.45, 7) is 2.15. The third-order valence-corrected chi connectivity index (χ3v) is 5.23. The lowest BCUT2D eigenvalue weighted by molar-refractivity contribution is 0.307. The number of nitrogens with two attached hydrogens (primary N) is 1. The fourth-order valence-corrected chi connectivity index (χ4v) is 3.77. The lowest BCUT2D eigenvalue weighted by atomic mass is 9.92. The van der Waals surface area contributed by atoms with Crippen LogP contribution < -0.4 is 5.73 Å². The second-order valence-electron chi connectivity index (χ2n) is 6.22. The Kier molecular flexibility index (Phi) is 6.34. The van der Waals surface area contributed by atoms with Crippen molar-refractivity contribution in [3.05, 3.63) is 69.3 Å². The minimum Gasteiger partial charge on any atom is -0.404 e. The van der Waals surface area contributed by atoms with Gasteiger partial charge in [-0.15, -0.1) is 0 Å². The molecule has 0 saturated carbocycles. The van der Waals surface area contributed by atoms with Gasteiger partial charge in [-0.3, -0.25) is 4.99 Å². The van der Waals surface area contributed by atoms with Crippen molar-refractivity contribution in [2.45, 2.75) is 12.8 Å². The van der Waals surface area contributed by atoms with Gasteiger partial charge in [0.1, 0.15) is 11.5 Å². The molecule has 0 aliphatic carbocycles. The number of aromatic nitrogens is 2. The first-order chi connectivity index (χ1) is 13.5. The number of pyridine rings is 1. The van der Waals surface area contributed by atoms with E-state index in [1.54, 1.807) is 12.4 Å². The monoisotopic (exact) mass is 420 g/mol. The molecule has 0 radical (unpaired) electrons. The summed E-state index contributed by atoms with van der Waals surface area (Å²) in [5, 5.41) is 10.1. The van der Waals surface area contributed by atoms with Crippen molar-refractivity contribution in [3.63, 3.8) is 0 Å². The topological polar surface area (TPSA) is 87.3 Å². The normalized spacial score (nSPS) is 13.5. The minimum atomic E-state index is -0.514. The maximum atomic E-state index is 14.0. The predicted octanol–water partition coefficient (Wildman–Crippen LogP) is 4.52. The first-order valence-electron chi connectivity index (χ1n) is 8.61. The lowest BCUT2D eigenvalue weighted by Gasteiger charge is -2.15. The van der Waals surface area contributed by atoms with Crippen molar-refractivity contribution in [3.8, 4) is 0 Å². The van der Waals surface area contributed by atoms with Gasteiger partial charge in [-0.05, 0) is 29.3 Å². The third kappa shape index (κ3) is 3.90. The van der Waals surface area contributed by atoms with E-state index in [-0.39, 0.29) is 24.1 Å². The summed E-state index contributed by atoms with van der Waals surface area (Å²) in [5.41, 5.74) is 9.24. The fraction of sp³-hybridized carbons (Fsp3) is 0.200. The van der Waals surface area contributed by atoms with Gasteiger partial charge in [-0.25, -0.2) is 9.37 Å². The molecular weight excluding hydrogens is 402 g/mol. The first-order valence-corrected chi connectivity index (χ1v) is 9.36. The maximum Gasteiger partial charge on any atom is 0.142 e. The number of aliphatic hydroxyl groups excluding tert-OH is 1. The van der Waals surface area contributed by atoms with E-state index in [9.17, 15) is 4.39 Å². The van der Waals surface area contributed by atoms with E-state index in [4.69, 9.17) is 34.0 Å². The van der Waals surface area contributed by atoms with Gasteiger partial charge in [-0.2, -0.15) is 0 Å². The molecule has 0 bridgehead atoms. The van der Waals surface area contributed by atoms with Crippen LogP contribution in [0.3, 0.4) is 0 Å². The van der Waals surface area contributed by atoms with Crippen LogP contribution in [-0.2, 0) is 0 Å². The molecule has 2 heterocycles. The minimum absolute atomic E-state index is 0.0112. The number of halogens is 3. The summed E-state index contributed by atoms with van der Waals surface area (Å²) in [6.07, 6.45) is 6.52. The summed E-state index contributed by atoms with van der Waals surface area (Å²) in [4.78, 5) is 11.7. The van der Waals surface area contributed by atoms with Crippen LogP contribution in [0, 0.1) is 5.82 Å². The van der Waals surface area contributed by atoms with Gasteiger partial charge >= 0.3 is 0 Å². The van der Waals surface area contributed by atoms with E-state index in [0.717, 1.165) is 16.5 Å². The average molecular weight is 421 g/mol. The van der Waals surface area contributed by atoms with Crippen LogP contribution in [0.4, 0.5) is 4.39 Å². The number of benzene rings is 1. The molecule has 146 valence electrons. The number of fused-ring (bicyclic) bond motifs is 1. The number of allylic oxidation sites excluding steroid dienone is 1. The van der Waals surface area contributed by atoms with Gasteiger partial charge in [0.2, 0.25) is 0 Å². The highest BCUT2D eigenvalue weighted by Crippen LogP contribution is 2.39. The lowest BCUT2D eigenvalue weighted by Crippen LogP contribution is -2.00. The molecule has 0 amide bonds. The van der Waals surface area contributed by atoms with Crippen molar-refractivity contribution >= 4 is 46.0 Å². The number of hydrogen-bond donors (Lipinski definition) is 3. The molecule has 1 atom stereocenters. The molecule has 4 N–H and O–H groups in total. The smallest absolute Gasteiger partial charge is 0.142 e. The number of H-pyrrole nitrogens is 1. The first kappa shape index (κ1) is 20.3. The number of aliphatic hydroxyl groups is 1. The quantitative estimate of drug-likeness (QED) is 0.404. The molecule has 1 unspecified atom stereocenters. The largest absolute Gasteiger partial charge is 0.404 e. The molecule has 28 heavy (non-hydrogen) atoms. The standard InChI is InChI=1S/C20H19Cl2FN4O/c1-11(18-16(21)2-3-17(23)19(18)22)15-10-27-20-14(15)6-12(9-26-20)13(7-24)8-25-4-5-28/h2-3,6-11,28H,4-5,24H2,1H3,(H,26,27). The molecule has 0 aliphatic heterocycles. The van der Waals surface area contributed by atoms with E-state index in [2.05, 4.69) is 15.0 Å². The summed E-state index contributed by atoms with van der Waals surface area (Å²) >= 11 is 12.5.